The van der Waals surface area contributed by atoms with E-state index in [9.17, 15) is 14.7 Å². The lowest BCUT2D eigenvalue weighted by Crippen LogP contribution is -2.39. The minimum atomic E-state index is -0.897. The lowest BCUT2D eigenvalue weighted by atomic mass is 9.82. The van der Waals surface area contributed by atoms with Crippen molar-refractivity contribution in [3.05, 3.63) is 29.6 Å². The Balaban J connectivity index is 2.09. The van der Waals surface area contributed by atoms with Crippen molar-refractivity contribution in [2.75, 3.05) is 7.05 Å². The van der Waals surface area contributed by atoms with Crippen LogP contribution in [-0.4, -0.2) is 38.7 Å². The number of aliphatic carboxylic acids is 1. The van der Waals surface area contributed by atoms with Crippen molar-refractivity contribution in [2.45, 2.75) is 39.8 Å². The van der Waals surface area contributed by atoms with Gasteiger partial charge in [0.05, 0.1) is 17.5 Å². The summed E-state index contributed by atoms with van der Waals surface area (Å²) in [5.41, 5.74) is 1.90. The van der Waals surface area contributed by atoms with Crippen LogP contribution in [0.1, 0.15) is 31.0 Å². The number of carbonyl (C=O) groups is 2. The van der Waals surface area contributed by atoms with Gasteiger partial charge in [0, 0.05) is 31.9 Å². The van der Waals surface area contributed by atoms with Crippen molar-refractivity contribution in [1.29, 1.82) is 0 Å². The van der Waals surface area contributed by atoms with Crippen molar-refractivity contribution in [2.24, 2.45) is 11.8 Å². The highest BCUT2D eigenvalue weighted by molar-refractivity contribution is 5.85. The molecule has 2 rings (SSSR count). The van der Waals surface area contributed by atoms with Crippen molar-refractivity contribution in [3.63, 3.8) is 0 Å². The standard InChI is InChI=1S/C16H23N3O3/c1-4-19-10-12(11(2)17-19)9-18(3)15(20)13-7-5-6-8-14(13)16(21)22/h5-6,10,13-14H,4,7-9H2,1-3H3,(H,21,22)/t13-,14-/m0/s1. The molecule has 0 aromatic carbocycles. The quantitative estimate of drug-likeness (QED) is 0.842. The van der Waals surface area contributed by atoms with Gasteiger partial charge in [0.1, 0.15) is 0 Å². The van der Waals surface area contributed by atoms with Crippen LogP contribution in [0.25, 0.3) is 0 Å². The van der Waals surface area contributed by atoms with E-state index in [1.54, 1.807) is 11.9 Å². The third-order valence-electron chi connectivity index (χ3n) is 4.22. The highest BCUT2D eigenvalue weighted by Gasteiger charge is 2.35. The average molecular weight is 305 g/mol. The van der Waals surface area contributed by atoms with E-state index in [-0.39, 0.29) is 5.91 Å². The van der Waals surface area contributed by atoms with Crippen LogP contribution >= 0.6 is 0 Å². The molecule has 0 bridgehead atoms. The van der Waals surface area contributed by atoms with Crippen LogP contribution in [0.15, 0.2) is 18.3 Å². The van der Waals surface area contributed by atoms with Crippen molar-refractivity contribution in [1.82, 2.24) is 14.7 Å². The average Bonchev–Trinajstić information content (AvgIpc) is 2.86. The molecular formula is C16H23N3O3. The Morgan fingerprint density at radius 2 is 2.00 bits per heavy atom. The normalized spacial score (nSPS) is 20.9. The number of hydrogen-bond donors (Lipinski definition) is 1. The van der Waals surface area contributed by atoms with E-state index < -0.39 is 17.8 Å². The van der Waals surface area contributed by atoms with Gasteiger partial charge < -0.3 is 10.0 Å². The van der Waals surface area contributed by atoms with Crippen LogP contribution in [0.3, 0.4) is 0 Å². The second kappa shape index (κ2) is 6.77. The van der Waals surface area contributed by atoms with Crippen molar-refractivity contribution in [3.8, 4) is 0 Å². The first-order chi connectivity index (χ1) is 10.4. The Kier molecular flexibility index (Phi) is 5.00. The fourth-order valence-corrected chi connectivity index (χ4v) is 2.85. The third-order valence-corrected chi connectivity index (χ3v) is 4.22. The van der Waals surface area contributed by atoms with Crippen LogP contribution in [0.4, 0.5) is 0 Å². The zero-order chi connectivity index (χ0) is 16.3. The topological polar surface area (TPSA) is 75.4 Å². The molecule has 2 atom stereocenters. The second-order valence-corrected chi connectivity index (χ2v) is 5.78. The molecule has 1 aromatic heterocycles. The van der Waals surface area contributed by atoms with E-state index >= 15 is 0 Å². The first-order valence-corrected chi connectivity index (χ1v) is 7.59. The van der Waals surface area contributed by atoms with Crippen LogP contribution < -0.4 is 0 Å². The molecule has 120 valence electrons. The highest BCUT2D eigenvalue weighted by Crippen LogP contribution is 2.28. The molecule has 0 saturated carbocycles. The van der Waals surface area contributed by atoms with Gasteiger partial charge in [-0.2, -0.15) is 5.10 Å². The molecule has 0 radical (unpaired) electrons. The number of aryl methyl sites for hydroxylation is 2. The van der Waals surface area contributed by atoms with Gasteiger partial charge in [-0.05, 0) is 26.7 Å². The summed E-state index contributed by atoms with van der Waals surface area (Å²) in [5.74, 6) is -2.11. The summed E-state index contributed by atoms with van der Waals surface area (Å²) in [7, 11) is 1.72. The predicted molar refractivity (Wildman–Crippen MR) is 82.1 cm³/mol. The van der Waals surface area contributed by atoms with Gasteiger partial charge in [-0.1, -0.05) is 12.2 Å². The number of carboxylic acids is 1. The minimum Gasteiger partial charge on any atom is -0.481 e. The summed E-state index contributed by atoms with van der Waals surface area (Å²) in [6, 6.07) is 0. The fourth-order valence-electron chi connectivity index (χ4n) is 2.85. The molecule has 6 heteroatoms. The van der Waals surface area contributed by atoms with Crippen molar-refractivity contribution < 1.29 is 14.7 Å². The summed E-state index contributed by atoms with van der Waals surface area (Å²) < 4.78 is 1.84. The lowest BCUT2D eigenvalue weighted by molar-refractivity contribution is -0.150. The van der Waals surface area contributed by atoms with Gasteiger partial charge >= 0.3 is 5.97 Å². The Morgan fingerprint density at radius 1 is 1.36 bits per heavy atom. The molecule has 1 heterocycles. The smallest absolute Gasteiger partial charge is 0.307 e. The largest absolute Gasteiger partial charge is 0.481 e. The Bertz CT molecular complexity index is 591. The van der Waals surface area contributed by atoms with Gasteiger partial charge in [0.2, 0.25) is 5.91 Å². The summed E-state index contributed by atoms with van der Waals surface area (Å²) >= 11 is 0. The van der Waals surface area contributed by atoms with E-state index in [0.29, 0.717) is 19.4 Å². The maximum absolute atomic E-state index is 12.6. The van der Waals surface area contributed by atoms with E-state index in [1.807, 2.05) is 36.9 Å². The second-order valence-electron chi connectivity index (χ2n) is 5.78. The number of nitrogens with zero attached hydrogens (tertiary/aromatic N) is 3. The number of hydrogen-bond acceptors (Lipinski definition) is 3. The maximum atomic E-state index is 12.6. The summed E-state index contributed by atoms with van der Waals surface area (Å²) in [4.78, 5) is 25.5. The van der Waals surface area contributed by atoms with E-state index in [1.165, 1.54) is 0 Å². The van der Waals surface area contributed by atoms with Crippen LogP contribution in [0, 0.1) is 18.8 Å². The van der Waals surface area contributed by atoms with Gasteiger partial charge in [-0.3, -0.25) is 14.3 Å². The summed E-state index contributed by atoms with van der Waals surface area (Å²) in [6.07, 6.45) is 6.60. The Morgan fingerprint density at radius 3 is 2.55 bits per heavy atom. The third kappa shape index (κ3) is 3.37. The number of carboxylic acid groups (broad SMARTS) is 1. The first-order valence-electron chi connectivity index (χ1n) is 7.59. The molecule has 0 spiro atoms. The molecule has 22 heavy (non-hydrogen) atoms. The van der Waals surface area contributed by atoms with E-state index in [0.717, 1.165) is 17.8 Å². The molecule has 1 N–H and O–H groups in total. The molecule has 6 nitrogen and oxygen atoms in total. The molecule has 1 aliphatic carbocycles. The maximum Gasteiger partial charge on any atom is 0.307 e. The molecule has 0 saturated heterocycles. The summed E-state index contributed by atoms with van der Waals surface area (Å²) in [5, 5.41) is 13.7. The number of allylic oxidation sites excluding steroid dienone is 2. The number of aromatic nitrogens is 2. The van der Waals surface area contributed by atoms with Crippen LogP contribution in [0.2, 0.25) is 0 Å². The molecule has 1 amide bonds. The number of amides is 1. The monoisotopic (exact) mass is 305 g/mol. The summed E-state index contributed by atoms with van der Waals surface area (Å²) in [6.45, 7) is 5.17. The van der Waals surface area contributed by atoms with Gasteiger partial charge in [0.15, 0.2) is 0 Å². The van der Waals surface area contributed by atoms with Crippen LogP contribution in [0.5, 0.6) is 0 Å². The fraction of sp³-hybridized carbons (Fsp3) is 0.562. The zero-order valence-electron chi connectivity index (χ0n) is 13.3. The van der Waals surface area contributed by atoms with Gasteiger partial charge in [0.25, 0.3) is 0 Å². The molecule has 1 aliphatic rings. The molecule has 0 aliphatic heterocycles. The number of rotatable bonds is 5. The molecule has 0 fully saturated rings. The molecular weight excluding hydrogens is 282 g/mol. The predicted octanol–water partition coefficient (Wildman–Crippen LogP) is 1.84. The minimum absolute atomic E-state index is 0.111. The highest BCUT2D eigenvalue weighted by atomic mass is 16.4. The van der Waals surface area contributed by atoms with Crippen LogP contribution in [-0.2, 0) is 22.7 Å². The van der Waals surface area contributed by atoms with Gasteiger partial charge in [-0.25, -0.2) is 0 Å². The number of carbonyl (C=O) groups excluding carboxylic acids is 1. The zero-order valence-corrected chi connectivity index (χ0v) is 13.3. The Hall–Kier alpha value is -2.11. The first kappa shape index (κ1) is 16.3. The molecule has 0 unspecified atom stereocenters. The van der Waals surface area contributed by atoms with Crippen molar-refractivity contribution >= 4 is 11.9 Å². The Labute approximate surface area is 130 Å². The van der Waals surface area contributed by atoms with E-state index in [2.05, 4.69) is 5.10 Å². The SMILES string of the molecule is CCn1cc(CN(C)C(=O)[C@H]2CC=CC[C@@H]2C(=O)O)c(C)n1. The van der Waals surface area contributed by atoms with E-state index in [4.69, 9.17) is 0 Å². The lowest BCUT2D eigenvalue weighted by Gasteiger charge is -2.28. The molecule has 1 aromatic rings. The van der Waals surface area contributed by atoms with Gasteiger partial charge in [-0.15, -0.1) is 0 Å².